The summed E-state index contributed by atoms with van der Waals surface area (Å²) in [5.74, 6) is 0.603. The Hall–Kier alpha value is -1.28. The van der Waals surface area contributed by atoms with E-state index in [-0.39, 0.29) is 0 Å². The number of hydrogen-bond acceptors (Lipinski definition) is 3. The molecular formula is C14H11BrClNO2. The Kier molecular flexibility index (Phi) is 4.31. The van der Waals surface area contributed by atoms with Crippen LogP contribution in [-0.2, 0) is 4.74 Å². The van der Waals surface area contributed by atoms with Gasteiger partial charge in [-0.3, -0.25) is 0 Å². The van der Waals surface area contributed by atoms with Crippen LogP contribution in [0.1, 0.15) is 5.56 Å². The molecule has 1 aromatic rings. The molecule has 0 aliphatic heterocycles. The van der Waals surface area contributed by atoms with Crippen molar-refractivity contribution in [2.45, 2.75) is 11.2 Å². The molecule has 0 amide bonds. The van der Waals surface area contributed by atoms with Crippen molar-refractivity contribution < 1.29 is 9.47 Å². The van der Waals surface area contributed by atoms with E-state index in [2.05, 4.69) is 22.0 Å². The highest BCUT2D eigenvalue weighted by Gasteiger charge is 2.36. The predicted molar refractivity (Wildman–Crippen MR) is 77.1 cm³/mol. The van der Waals surface area contributed by atoms with Gasteiger partial charge in [0.1, 0.15) is 5.75 Å². The van der Waals surface area contributed by atoms with E-state index < -0.39 is 11.2 Å². The van der Waals surface area contributed by atoms with Gasteiger partial charge in [-0.05, 0) is 46.3 Å². The molecule has 0 fully saturated rings. The molecule has 2 rings (SSSR count). The first-order valence-electron chi connectivity index (χ1n) is 5.55. The second-order valence-electron chi connectivity index (χ2n) is 3.94. The van der Waals surface area contributed by atoms with Gasteiger partial charge in [-0.25, -0.2) is 0 Å². The van der Waals surface area contributed by atoms with Crippen LogP contribution in [0.3, 0.4) is 0 Å². The van der Waals surface area contributed by atoms with Gasteiger partial charge < -0.3 is 9.47 Å². The third-order valence-electron chi connectivity index (χ3n) is 2.74. The summed E-state index contributed by atoms with van der Waals surface area (Å²) in [6, 6.07) is 7.17. The first-order valence-corrected chi connectivity index (χ1v) is 6.72. The van der Waals surface area contributed by atoms with Gasteiger partial charge in [-0.1, -0.05) is 23.8 Å². The van der Waals surface area contributed by atoms with Crippen LogP contribution in [0.5, 0.6) is 5.75 Å². The highest BCUT2D eigenvalue weighted by molar-refractivity contribution is 9.10. The molecule has 2 unspecified atom stereocenters. The molecule has 0 N–H and O–H groups in total. The summed E-state index contributed by atoms with van der Waals surface area (Å²) in [4.78, 5) is 0. The van der Waals surface area contributed by atoms with Crippen LogP contribution >= 0.6 is 27.5 Å². The molecule has 1 aliphatic carbocycles. The predicted octanol–water partition coefficient (Wildman–Crippen LogP) is 3.78. The van der Waals surface area contributed by atoms with Crippen molar-refractivity contribution in [3.63, 3.8) is 0 Å². The summed E-state index contributed by atoms with van der Waals surface area (Å²) in [7, 11) is 1.53. The Morgan fingerprint density at radius 1 is 1.42 bits per heavy atom. The van der Waals surface area contributed by atoms with Gasteiger partial charge in [-0.15, -0.1) is 0 Å². The number of benzene rings is 1. The molecule has 0 spiro atoms. The van der Waals surface area contributed by atoms with Crippen molar-refractivity contribution in [1.82, 2.24) is 0 Å². The number of alkyl halides is 1. The zero-order valence-corrected chi connectivity index (χ0v) is 12.5. The molecule has 19 heavy (non-hydrogen) atoms. The van der Waals surface area contributed by atoms with E-state index in [4.69, 9.17) is 26.3 Å². The summed E-state index contributed by atoms with van der Waals surface area (Å²) in [5, 5.41) is 7.80. The lowest BCUT2D eigenvalue weighted by atomic mass is 10.1. The minimum absolute atomic E-state index is 0.451. The number of nitrogens with zero attached hydrogens (tertiary/aromatic N) is 1. The van der Waals surface area contributed by atoms with Gasteiger partial charge in [0.15, 0.2) is 6.10 Å². The molecule has 2 atom stereocenters. The summed E-state index contributed by atoms with van der Waals surface area (Å²) in [6.45, 7) is 0. The van der Waals surface area contributed by atoms with Crippen LogP contribution in [0.25, 0.3) is 0 Å². The van der Waals surface area contributed by atoms with Crippen LogP contribution < -0.4 is 4.74 Å². The van der Waals surface area contributed by atoms with Crippen LogP contribution in [-0.4, -0.2) is 18.3 Å². The Morgan fingerprint density at radius 3 is 2.84 bits per heavy atom. The van der Waals surface area contributed by atoms with E-state index >= 15 is 0 Å². The van der Waals surface area contributed by atoms with Gasteiger partial charge in [0.05, 0.1) is 16.1 Å². The van der Waals surface area contributed by atoms with E-state index in [9.17, 15) is 0 Å². The number of nitriles is 1. The normalized spacial score (nSPS) is 25.1. The van der Waals surface area contributed by atoms with Gasteiger partial charge in [-0.2, -0.15) is 5.26 Å². The average Bonchev–Trinajstić information content (AvgIpc) is 2.43. The SMILES string of the molecule is COC1(Cl)C=CC=CC1Oc1ccc(C#N)cc1Br. The van der Waals surface area contributed by atoms with Crippen molar-refractivity contribution in [3.8, 4) is 11.8 Å². The van der Waals surface area contributed by atoms with Crippen LogP contribution in [0, 0.1) is 11.3 Å². The fraction of sp³-hybridized carbons (Fsp3) is 0.214. The summed E-state index contributed by atoms with van der Waals surface area (Å²) in [6.07, 6.45) is 6.76. The highest BCUT2D eigenvalue weighted by atomic mass is 79.9. The topological polar surface area (TPSA) is 42.2 Å². The van der Waals surface area contributed by atoms with Gasteiger partial charge >= 0.3 is 0 Å². The maximum absolute atomic E-state index is 8.82. The fourth-order valence-corrected chi connectivity index (χ4v) is 2.35. The Balaban J connectivity index is 2.24. The molecule has 3 nitrogen and oxygen atoms in total. The average molecular weight is 341 g/mol. The minimum atomic E-state index is -1.03. The molecule has 0 radical (unpaired) electrons. The number of rotatable bonds is 3. The van der Waals surface area contributed by atoms with Crippen LogP contribution in [0.15, 0.2) is 47.0 Å². The van der Waals surface area contributed by atoms with Crippen LogP contribution in [0.4, 0.5) is 0 Å². The molecule has 0 aromatic heterocycles. The van der Waals surface area contributed by atoms with E-state index in [1.165, 1.54) is 7.11 Å². The lowest BCUT2D eigenvalue weighted by Gasteiger charge is -2.31. The third-order valence-corrected chi connectivity index (χ3v) is 3.85. The van der Waals surface area contributed by atoms with E-state index in [0.717, 1.165) is 0 Å². The Labute approximate surface area is 125 Å². The highest BCUT2D eigenvalue weighted by Crippen LogP contribution is 2.33. The van der Waals surface area contributed by atoms with Crippen molar-refractivity contribution in [3.05, 3.63) is 52.5 Å². The minimum Gasteiger partial charge on any atom is -0.480 e. The first kappa shape index (κ1) is 14.1. The van der Waals surface area contributed by atoms with E-state index in [1.807, 2.05) is 18.2 Å². The molecule has 0 saturated carbocycles. The van der Waals surface area contributed by atoms with Gasteiger partial charge in [0.25, 0.3) is 0 Å². The van der Waals surface area contributed by atoms with Crippen LogP contribution in [0.2, 0.25) is 0 Å². The second-order valence-corrected chi connectivity index (χ2v) is 5.39. The Bertz CT molecular complexity index is 579. The Morgan fingerprint density at radius 2 is 2.21 bits per heavy atom. The fourth-order valence-electron chi connectivity index (χ4n) is 1.68. The van der Waals surface area contributed by atoms with E-state index in [0.29, 0.717) is 15.8 Å². The zero-order chi connectivity index (χ0) is 13.9. The number of hydrogen-bond donors (Lipinski definition) is 0. The lowest BCUT2D eigenvalue weighted by molar-refractivity contribution is 0.0223. The molecule has 98 valence electrons. The van der Waals surface area contributed by atoms with Crippen molar-refractivity contribution in [2.75, 3.05) is 7.11 Å². The third kappa shape index (κ3) is 3.01. The molecule has 0 bridgehead atoms. The summed E-state index contributed by atoms with van der Waals surface area (Å²) >= 11 is 9.71. The van der Waals surface area contributed by atoms with Crippen molar-refractivity contribution in [1.29, 1.82) is 5.26 Å². The molecule has 1 aromatic carbocycles. The summed E-state index contributed by atoms with van der Waals surface area (Å²) < 4.78 is 11.8. The smallest absolute Gasteiger partial charge is 0.200 e. The van der Waals surface area contributed by atoms with Crippen molar-refractivity contribution in [2.24, 2.45) is 0 Å². The van der Waals surface area contributed by atoms with Gasteiger partial charge in [0, 0.05) is 7.11 Å². The quantitative estimate of drug-likeness (QED) is 0.787. The maximum Gasteiger partial charge on any atom is 0.200 e. The molecule has 0 heterocycles. The van der Waals surface area contributed by atoms with Gasteiger partial charge in [0.2, 0.25) is 5.06 Å². The second kappa shape index (κ2) is 5.79. The summed E-state index contributed by atoms with van der Waals surface area (Å²) in [5.41, 5.74) is 0.558. The largest absolute Gasteiger partial charge is 0.480 e. The molecular weight excluding hydrogens is 330 g/mol. The number of allylic oxidation sites excluding steroid dienone is 2. The standard InChI is InChI=1S/C14H11BrClNO2/c1-18-14(16)7-3-2-4-13(14)19-12-6-5-10(9-17)8-11(12)15/h2-8,13H,1H3. The monoisotopic (exact) mass is 339 g/mol. The number of halogens is 2. The van der Waals surface area contributed by atoms with E-state index in [1.54, 1.807) is 24.3 Å². The zero-order valence-electron chi connectivity index (χ0n) is 10.1. The molecule has 5 heteroatoms. The molecule has 1 aliphatic rings. The number of ether oxygens (including phenoxy) is 2. The lowest BCUT2D eigenvalue weighted by Crippen LogP contribution is -2.40. The van der Waals surface area contributed by atoms with Crippen molar-refractivity contribution >= 4 is 27.5 Å². The number of methoxy groups -OCH3 is 1. The maximum atomic E-state index is 8.82. The first-order chi connectivity index (χ1) is 9.09. The molecule has 0 saturated heterocycles.